The smallest absolute Gasteiger partial charge is 0.338 e. The van der Waals surface area contributed by atoms with E-state index in [1.165, 1.54) is 0 Å². The van der Waals surface area contributed by atoms with Crippen molar-refractivity contribution in [3.63, 3.8) is 0 Å². The van der Waals surface area contributed by atoms with Crippen LogP contribution in [0.1, 0.15) is 69.3 Å². The first-order valence-electron chi connectivity index (χ1n) is 15.6. The molecule has 6 unspecified atom stereocenters. The van der Waals surface area contributed by atoms with Crippen LogP contribution in [0.3, 0.4) is 0 Å². The quantitative estimate of drug-likeness (QED) is 0.364. The number of aryl methyl sites for hydroxylation is 1. The molecule has 2 bridgehead atoms. The van der Waals surface area contributed by atoms with Gasteiger partial charge in [0.15, 0.2) is 5.78 Å². The summed E-state index contributed by atoms with van der Waals surface area (Å²) in [6.45, 7) is 7.66. The van der Waals surface area contributed by atoms with Crippen LogP contribution in [0.5, 0.6) is 0 Å². The molecule has 0 radical (unpaired) electrons. The number of carbonyl (C=O) groups is 3. The summed E-state index contributed by atoms with van der Waals surface area (Å²) in [5.41, 5.74) is -1.35. The van der Waals surface area contributed by atoms with Crippen LogP contribution in [0, 0.1) is 22.7 Å². The van der Waals surface area contributed by atoms with Crippen LogP contribution in [-0.4, -0.2) is 64.6 Å². The fourth-order valence-electron chi connectivity index (χ4n) is 8.30. The van der Waals surface area contributed by atoms with Gasteiger partial charge in [0.2, 0.25) is 0 Å². The number of ether oxygens (including phenoxy) is 3. The van der Waals surface area contributed by atoms with E-state index >= 15 is 0 Å². The number of hydrogen-bond acceptors (Lipinski definition) is 8. The SMILES string of the molecule is CC1=C2C(O)C(=O)C3(C)C(CC(O)(C[C@@H]1OC(=O)CCc1ccccc1)C2(C)C)C1COC1C[C@@H]3OC(=O)c1ccccc1. The Morgan fingerprint density at radius 2 is 1.64 bits per heavy atom. The van der Waals surface area contributed by atoms with Gasteiger partial charge in [-0.3, -0.25) is 9.59 Å². The topological polar surface area (TPSA) is 119 Å². The van der Waals surface area contributed by atoms with Crippen molar-refractivity contribution in [2.45, 2.75) is 89.8 Å². The van der Waals surface area contributed by atoms with Crippen molar-refractivity contribution < 1.29 is 38.8 Å². The number of esters is 2. The lowest BCUT2D eigenvalue weighted by molar-refractivity contribution is -0.243. The van der Waals surface area contributed by atoms with E-state index in [9.17, 15) is 24.6 Å². The summed E-state index contributed by atoms with van der Waals surface area (Å²) in [7, 11) is 0. The molecule has 0 amide bonds. The Kier molecular flexibility index (Phi) is 7.83. The Bertz CT molecular complexity index is 1470. The highest BCUT2D eigenvalue weighted by Crippen LogP contribution is 2.61. The molecule has 2 N–H and O–H groups in total. The molecule has 1 heterocycles. The van der Waals surface area contributed by atoms with Crippen molar-refractivity contribution in [3.8, 4) is 0 Å². The second-order valence-electron chi connectivity index (χ2n) is 13.8. The lowest BCUT2D eigenvalue weighted by Crippen LogP contribution is -2.69. The van der Waals surface area contributed by atoms with E-state index in [0.717, 1.165) is 5.56 Å². The lowest BCUT2D eigenvalue weighted by atomic mass is 9.47. The molecule has 1 aliphatic heterocycles. The van der Waals surface area contributed by atoms with Gasteiger partial charge >= 0.3 is 11.9 Å². The molecule has 8 heteroatoms. The predicted molar refractivity (Wildman–Crippen MR) is 161 cm³/mol. The molecule has 2 saturated carbocycles. The van der Waals surface area contributed by atoms with E-state index in [1.807, 2.05) is 44.2 Å². The summed E-state index contributed by atoms with van der Waals surface area (Å²) < 4.78 is 17.9. The van der Waals surface area contributed by atoms with Crippen molar-refractivity contribution in [2.24, 2.45) is 22.7 Å². The zero-order valence-electron chi connectivity index (χ0n) is 25.8. The van der Waals surface area contributed by atoms with Crippen LogP contribution in [-0.2, 0) is 30.2 Å². The van der Waals surface area contributed by atoms with E-state index in [-0.39, 0.29) is 31.3 Å². The summed E-state index contributed by atoms with van der Waals surface area (Å²) in [4.78, 5) is 40.9. The molecule has 3 aliphatic carbocycles. The maximum absolute atomic E-state index is 14.6. The summed E-state index contributed by atoms with van der Waals surface area (Å²) in [6.07, 6.45) is -2.11. The molecule has 6 rings (SSSR count). The van der Waals surface area contributed by atoms with E-state index in [0.29, 0.717) is 36.2 Å². The number of hydrogen-bond donors (Lipinski definition) is 2. The van der Waals surface area contributed by atoms with Crippen LogP contribution in [0.15, 0.2) is 71.8 Å². The summed E-state index contributed by atoms with van der Waals surface area (Å²) in [6, 6.07) is 18.3. The van der Waals surface area contributed by atoms with Gasteiger partial charge in [-0.25, -0.2) is 4.79 Å². The minimum Gasteiger partial charge on any atom is -0.458 e. The van der Waals surface area contributed by atoms with Gasteiger partial charge in [0, 0.05) is 30.6 Å². The van der Waals surface area contributed by atoms with E-state index in [1.54, 1.807) is 44.2 Å². The second kappa shape index (κ2) is 11.2. The molecular formula is C36H42O8. The molecule has 2 aromatic carbocycles. The molecule has 4 aliphatic rings. The van der Waals surface area contributed by atoms with E-state index in [4.69, 9.17) is 14.2 Å². The van der Waals surface area contributed by atoms with Crippen molar-refractivity contribution in [2.75, 3.05) is 6.61 Å². The first kappa shape index (κ1) is 30.7. The van der Waals surface area contributed by atoms with Gasteiger partial charge in [-0.05, 0) is 61.4 Å². The predicted octanol–water partition coefficient (Wildman–Crippen LogP) is 4.61. The van der Waals surface area contributed by atoms with Crippen LogP contribution < -0.4 is 0 Å². The van der Waals surface area contributed by atoms with Gasteiger partial charge in [0.1, 0.15) is 18.3 Å². The molecule has 44 heavy (non-hydrogen) atoms. The normalized spacial score (nSPS) is 35.7. The maximum Gasteiger partial charge on any atom is 0.338 e. The second-order valence-corrected chi connectivity index (χ2v) is 13.8. The zero-order valence-corrected chi connectivity index (χ0v) is 25.8. The van der Waals surface area contributed by atoms with Gasteiger partial charge in [-0.2, -0.15) is 0 Å². The molecule has 1 saturated heterocycles. The van der Waals surface area contributed by atoms with Crippen LogP contribution >= 0.6 is 0 Å². The number of rotatable bonds is 6. The molecule has 8 atom stereocenters. The van der Waals surface area contributed by atoms with Gasteiger partial charge in [-0.1, -0.05) is 62.4 Å². The minimum absolute atomic E-state index is 0.0527. The Hall–Kier alpha value is -3.33. The van der Waals surface area contributed by atoms with E-state index in [2.05, 4.69) is 0 Å². The number of aliphatic hydroxyl groups is 2. The van der Waals surface area contributed by atoms with E-state index < -0.39 is 58.4 Å². The highest BCUT2D eigenvalue weighted by molar-refractivity contribution is 5.94. The Morgan fingerprint density at radius 3 is 2.27 bits per heavy atom. The Morgan fingerprint density at radius 1 is 0.977 bits per heavy atom. The average molecular weight is 603 g/mol. The standard InChI is InChI=1S/C36H42O8/c1-21-27(43-29(37)16-15-22-11-7-5-8-12-22)19-36(41)18-25-24-20-42-26(24)17-28(44-33(40)23-13-9-6-10-14-23)35(25,4)32(39)31(38)30(21)34(36,2)3/h5-14,24-28,31,38,41H,15-20H2,1-4H3/t24?,25?,26?,27-,28-,31?,35?,36?/m0/s1. The molecule has 0 spiro atoms. The highest BCUT2D eigenvalue weighted by atomic mass is 16.6. The lowest BCUT2D eigenvalue weighted by Gasteiger charge is -2.62. The fourth-order valence-corrected chi connectivity index (χ4v) is 8.30. The van der Waals surface area contributed by atoms with Crippen LogP contribution in [0.4, 0.5) is 0 Å². The Balaban J connectivity index is 1.34. The minimum atomic E-state index is -1.58. The number of benzene rings is 2. The average Bonchev–Trinajstić information content (AvgIpc) is 2.99. The van der Waals surface area contributed by atoms with Crippen molar-refractivity contribution in [3.05, 3.63) is 82.9 Å². The van der Waals surface area contributed by atoms with Crippen molar-refractivity contribution >= 4 is 17.7 Å². The largest absolute Gasteiger partial charge is 0.458 e. The number of aliphatic hydroxyl groups excluding tert-OH is 1. The maximum atomic E-state index is 14.6. The summed E-state index contributed by atoms with van der Waals surface area (Å²) in [5, 5.41) is 24.5. The van der Waals surface area contributed by atoms with Crippen molar-refractivity contribution in [1.29, 1.82) is 0 Å². The summed E-state index contributed by atoms with van der Waals surface area (Å²) >= 11 is 0. The third kappa shape index (κ3) is 4.91. The zero-order chi connectivity index (χ0) is 31.4. The third-order valence-corrected chi connectivity index (χ3v) is 11.3. The molecule has 2 aromatic rings. The van der Waals surface area contributed by atoms with Gasteiger partial charge < -0.3 is 24.4 Å². The van der Waals surface area contributed by atoms with Crippen molar-refractivity contribution in [1.82, 2.24) is 0 Å². The van der Waals surface area contributed by atoms with Gasteiger partial charge in [-0.15, -0.1) is 0 Å². The molecule has 8 nitrogen and oxygen atoms in total. The third-order valence-electron chi connectivity index (χ3n) is 11.3. The monoisotopic (exact) mass is 602 g/mol. The number of ketones is 1. The molecule has 0 aromatic heterocycles. The Labute approximate surface area is 258 Å². The molecule has 3 fully saturated rings. The highest BCUT2D eigenvalue weighted by Gasteiger charge is 2.68. The first-order valence-corrected chi connectivity index (χ1v) is 15.6. The fraction of sp³-hybridized carbons (Fsp3) is 0.528. The van der Waals surface area contributed by atoms with Gasteiger partial charge in [0.05, 0.1) is 29.3 Å². The van der Waals surface area contributed by atoms with Gasteiger partial charge in [0.25, 0.3) is 0 Å². The number of fused-ring (bicyclic) bond motifs is 5. The van der Waals surface area contributed by atoms with Crippen LogP contribution in [0.25, 0.3) is 0 Å². The number of Topliss-reactive ketones (excluding diaryl/α,β-unsaturated/α-hetero) is 1. The number of carbonyl (C=O) groups excluding carboxylic acids is 3. The molecular weight excluding hydrogens is 560 g/mol. The first-order chi connectivity index (χ1) is 20.9. The molecule has 234 valence electrons. The summed E-state index contributed by atoms with van der Waals surface area (Å²) in [5.74, 6) is -1.89. The van der Waals surface area contributed by atoms with Crippen LogP contribution in [0.2, 0.25) is 0 Å².